The average molecular weight is 289 g/mol. The van der Waals surface area contributed by atoms with E-state index in [1.807, 2.05) is 12.1 Å². The van der Waals surface area contributed by atoms with Crippen molar-refractivity contribution in [2.24, 2.45) is 5.73 Å². The van der Waals surface area contributed by atoms with Crippen molar-refractivity contribution >= 4 is 35.0 Å². The van der Waals surface area contributed by atoms with Crippen LogP contribution < -0.4 is 5.73 Å². The van der Waals surface area contributed by atoms with Gasteiger partial charge in [-0.2, -0.15) is 5.26 Å². The van der Waals surface area contributed by atoms with Gasteiger partial charge in [-0.3, -0.25) is 0 Å². The van der Waals surface area contributed by atoms with Crippen LogP contribution in [0.25, 0.3) is 0 Å². The Labute approximate surface area is 116 Å². The summed E-state index contributed by atoms with van der Waals surface area (Å²) in [6.45, 7) is 1.74. The predicted molar refractivity (Wildman–Crippen MR) is 74.6 cm³/mol. The van der Waals surface area contributed by atoms with E-state index in [1.165, 1.54) is 0 Å². The van der Waals surface area contributed by atoms with Crippen LogP contribution in [0.5, 0.6) is 0 Å². The molecule has 0 radical (unpaired) electrons. The summed E-state index contributed by atoms with van der Waals surface area (Å²) in [4.78, 5) is 1.04. The number of thioether (sulfide) groups is 1. The number of halogens is 2. The van der Waals surface area contributed by atoms with E-state index in [9.17, 15) is 0 Å². The van der Waals surface area contributed by atoms with Crippen LogP contribution in [-0.4, -0.2) is 11.3 Å². The molecule has 2 nitrogen and oxygen atoms in total. The van der Waals surface area contributed by atoms with Crippen LogP contribution in [0.15, 0.2) is 23.1 Å². The maximum absolute atomic E-state index is 8.77. The quantitative estimate of drug-likeness (QED) is 0.655. The van der Waals surface area contributed by atoms with Gasteiger partial charge in [0.2, 0.25) is 0 Å². The summed E-state index contributed by atoms with van der Waals surface area (Å²) in [5.74, 6) is 0.894. The molecule has 0 saturated carbocycles. The van der Waals surface area contributed by atoms with E-state index >= 15 is 0 Å². The Hall–Kier alpha value is -0.400. The Morgan fingerprint density at radius 2 is 1.94 bits per heavy atom. The number of hydrogen-bond acceptors (Lipinski definition) is 3. The van der Waals surface area contributed by atoms with Crippen LogP contribution in [0.1, 0.15) is 19.8 Å². The summed E-state index contributed by atoms with van der Waals surface area (Å²) < 4.78 is 0. The van der Waals surface area contributed by atoms with Crippen LogP contribution in [0.4, 0.5) is 0 Å². The molecule has 2 N–H and O–H groups in total. The van der Waals surface area contributed by atoms with E-state index in [2.05, 4.69) is 6.07 Å². The molecule has 17 heavy (non-hydrogen) atoms. The summed E-state index contributed by atoms with van der Waals surface area (Å²) in [5, 5.41) is 10.0. The van der Waals surface area contributed by atoms with Crippen molar-refractivity contribution < 1.29 is 0 Å². The highest BCUT2D eigenvalue weighted by Gasteiger charge is 2.15. The molecule has 5 heteroatoms. The first-order valence-corrected chi connectivity index (χ1v) is 6.96. The molecule has 0 amide bonds. The minimum atomic E-state index is -0.730. The lowest BCUT2D eigenvalue weighted by Crippen LogP contribution is -2.33. The van der Waals surface area contributed by atoms with E-state index in [1.54, 1.807) is 24.8 Å². The van der Waals surface area contributed by atoms with Crippen molar-refractivity contribution in [1.82, 2.24) is 0 Å². The summed E-state index contributed by atoms with van der Waals surface area (Å²) in [6, 6.07) is 7.55. The molecule has 0 aliphatic heterocycles. The predicted octanol–water partition coefficient (Wildman–Crippen LogP) is 4.11. The van der Waals surface area contributed by atoms with E-state index in [4.69, 9.17) is 34.2 Å². The molecule has 0 heterocycles. The van der Waals surface area contributed by atoms with Crippen molar-refractivity contribution in [1.29, 1.82) is 5.26 Å². The molecule has 0 spiro atoms. The van der Waals surface area contributed by atoms with Crippen molar-refractivity contribution in [3.05, 3.63) is 28.2 Å². The molecule has 1 rings (SSSR count). The molecule has 0 saturated heterocycles. The lowest BCUT2D eigenvalue weighted by Gasteiger charge is -2.14. The van der Waals surface area contributed by atoms with Crippen LogP contribution in [0.3, 0.4) is 0 Å². The molecule has 1 aromatic carbocycles. The van der Waals surface area contributed by atoms with Gasteiger partial charge in [0.1, 0.15) is 5.54 Å². The second-order valence-electron chi connectivity index (χ2n) is 4.09. The number of nitriles is 1. The number of hydrogen-bond donors (Lipinski definition) is 1. The normalized spacial score (nSPS) is 14.1. The standard InChI is InChI=1S/C12H14Cl2N2S/c1-12(16,8-15)3-2-4-17-11-6-9(13)5-10(14)7-11/h5-7H,2-4,16H2,1H3. The maximum Gasteiger partial charge on any atom is 0.101 e. The Morgan fingerprint density at radius 1 is 1.35 bits per heavy atom. The zero-order valence-electron chi connectivity index (χ0n) is 9.54. The fourth-order valence-corrected chi connectivity index (χ4v) is 2.90. The van der Waals surface area contributed by atoms with Gasteiger partial charge in [-0.05, 0) is 43.7 Å². The number of benzene rings is 1. The van der Waals surface area contributed by atoms with E-state index < -0.39 is 5.54 Å². The molecule has 1 unspecified atom stereocenters. The molecule has 92 valence electrons. The molecule has 1 atom stereocenters. The topological polar surface area (TPSA) is 49.8 Å². The van der Waals surface area contributed by atoms with Crippen LogP contribution >= 0.6 is 35.0 Å². The molecule has 0 aliphatic rings. The van der Waals surface area contributed by atoms with Gasteiger partial charge in [0.25, 0.3) is 0 Å². The Balaban J connectivity index is 2.39. The van der Waals surface area contributed by atoms with Crippen molar-refractivity contribution in [2.75, 3.05) is 5.75 Å². The average Bonchev–Trinajstić information content (AvgIpc) is 2.23. The SMILES string of the molecule is CC(N)(C#N)CCCSc1cc(Cl)cc(Cl)c1. The minimum absolute atomic E-state index is 0.640. The first-order valence-electron chi connectivity index (χ1n) is 5.22. The molecule has 1 aromatic rings. The molecule has 0 aromatic heterocycles. The third-order valence-corrected chi connectivity index (χ3v) is 3.70. The molecule has 0 bridgehead atoms. The smallest absolute Gasteiger partial charge is 0.101 e. The van der Waals surface area contributed by atoms with Crippen molar-refractivity contribution in [3.63, 3.8) is 0 Å². The molecular formula is C12H14Cl2N2S. The highest BCUT2D eigenvalue weighted by Crippen LogP contribution is 2.27. The minimum Gasteiger partial charge on any atom is -0.314 e. The second-order valence-corrected chi connectivity index (χ2v) is 6.13. The zero-order chi connectivity index (χ0) is 12.9. The second kappa shape index (κ2) is 6.51. The molecule has 0 aliphatic carbocycles. The fourth-order valence-electron chi connectivity index (χ4n) is 1.30. The Morgan fingerprint density at radius 3 is 2.47 bits per heavy atom. The molecular weight excluding hydrogens is 275 g/mol. The van der Waals surface area contributed by atoms with E-state index in [0.29, 0.717) is 16.5 Å². The highest BCUT2D eigenvalue weighted by atomic mass is 35.5. The van der Waals surface area contributed by atoms with Gasteiger partial charge < -0.3 is 5.73 Å². The van der Waals surface area contributed by atoms with Gasteiger partial charge in [-0.25, -0.2) is 0 Å². The third-order valence-electron chi connectivity index (χ3n) is 2.20. The Bertz CT molecular complexity index is 407. The highest BCUT2D eigenvalue weighted by molar-refractivity contribution is 7.99. The first kappa shape index (κ1) is 14.7. The summed E-state index contributed by atoms with van der Waals surface area (Å²) in [6.07, 6.45) is 1.57. The van der Waals surface area contributed by atoms with Crippen LogP contribution in [-0.2, 0) is 0 Å². The fraction of sp³-hybridized carbons (Fsp3) is 0.417. The first-order chi connectivity index (χ1) is 7.93. The van der Waals surface area contributed by atoms with Gasteiger partial charge in [-0.15, -0.1) is 11.8 Å². The summed E-state index contributed by atoms with van der Waals surface area (Å²) in [5.41, 5.74) is 5.00. The van der Waals surface area contributed by atoms with Gasteiger partial charge >= 0.3 is 0 Å². The lowest BCUT2D eigenvalue weighted by molar-refractivity contribution is 0.540. The molecule has 0 fully saturated rings. The van der Waals surface area contributed by atoms with Crippen LogP contribution in [0.2, 0.25) is 10.0 Å². The van der Waals surface area contributed by atoms with Crippen LogP contribution in [0, 0.1) is 11.3 Å². The van der Waals surface area contributed by atoms with Gasteiger partial charge in [-0.1, -0.05) is 23.2 Å². The van der Waals surface area contributed by atoms with Gasteiger partial charge in [0.15, 0.2) is 0 Å². The summed E-state index contributed by atoms with van der Waals surface area (Å²) >= 11 is 13.5. The Kier molecular flexibility index (Phi) is 5.61. The largest absolute Gasteiger partial charge is 0.314 e. The summed E-state index contributed by atoms with van der Waals surface area (Å²) in [7, 11) is 0. The van der Waals surface area contributed by atoms with Crippen molar-refractivity contribution in [3.8, 4) is 6.07 Å². The number of rotatable bonds is 5. The lowest BCUT2D eigenvalue weighted by atomic mass is 10.0. The third kappa shape index (κ3) is 5.65. The van der Waals surface area contributed by atoms with Gasteiger partial charge in [0, 0.05) is 14.9 Å². The number of nitrogens with two attached hydrogens (primary N) is 1. The van der Waals surface area contributed by atoms with Crippen molar-refractivity contribution in [2.45, 2.75) is 30.2 Å². The number of nitrogens with zero attached hydrogens (tertiary/aromatic N) is 1. The van der Waals surface area contributed by atoms with E-state index in [-0.39, 0.29) is 0 Å². The van der Waals surface area contributed by atoms with E-state index in [0.717, 1.165) is 17.1 Å². The maximum atomic E-state index is 8.77. The zero-order valence-corrected chi connectivity index (χ0v) is 11.9. The monoisotopic (exact) mass is 288 g/mol. The van der Waals surface area contributed by atoms with Gasteiger partial charge in [0.05, 0.1) is 6.07 Å².